The molecule has 1 aliphatic heterocycles. The van der Waals surface area contributed by atoms with Crippen LogP contribution in [0.25, 0.3) is 11.4 Å². The van der Waals surface area contributed by atoms with E-state index in [1.54, 1.807) is 12.4 Å². The van der Waals surface area contributed by atoms with E-state index in [9.17, 15) is 0 Å². The van der Waals surface area contributed by atoms with Gasteiger partial charge in [0, 0.05) is 23.8 Å². The van der Waals surface area contributed by atoms with Gasteiger partial charge in [-0.05, 0) is 37.5 Å². The molecule has 0 spiro atoms. The Balaban J connectivity index is 1.35. The molecule has 1 aliphatic rings. The summed E-state index contributed by atoms with van der Waals surface area (Å²) in [5.41, 5.74) is 9.35. The van der Waals surface area contributed by atoms with Crippen molar-refractivity contribution >= 4 is 17.6 Å². The van der Waals surface area contributed by atoms with Gasteiger partial charge in [0.05, 0.1) is 12.7 Å². The molecule has 0 fully saturated rings. The second-order valence-electron chi connectivity index (χ2n) is 8.77. The van der Waals surface area contributed by atoms with Crippen LogP contribution in [-0.2, 0) is 6.42 Å². The van der Waals surface area contributed by atoms with E-state index in [-0.39, 0.29) is 12.1 Å². The number of nitrogens with one attached hydrogen (secondary N) is 1. The fourth-order valence-corrected chi connectivity index (χ4v) is 4.16. The van der Waals surface area contributed by atoms with Gasteiger partial charge in [0.1, 0.15) is 12.4 Å². The monoisotopic (exact) mass is 467 g/mol. The summed E-state index contributed by atoms with van der Waals surface area (Å²) in [6, 6.07) is 20.4. The lowest BCUT2D eigenvalue weighted by atomic mass is 10.0. The number of hydrogen-bond acceptors (Lipinski definition) is 8. The minimum atomic E-state index is 0.0147. The molecule has 8 nitrogen and oxygen atoms in total. The standard InChI is InChI=1S/C27H29N7O/c1-18(15-20-7-6-10-22(16-20)19(2)28)31-27-29-12-11-24(32-27)34-13-14-35-23-17-30-25(33-26(23)34)21-8-4-3-5-9-21/h3-12,16-19H,13-15,28H2,1-2H3,(H,29,31,32). The van der Waals surface area contributed by atoms with Crippen molar-refractivity contribution in [3.05, 3.63) is 84.2 Å². The molecule has 178 valence electrons. The van der Waals surface area contributed by atoms with Crippen LogP contribution in [0.15, 0.2) is 73.1 Å². The maximum atomic E-state index is 6.04. The zero-order valence-corrected chi connectivity index (χ0v) is 19.9. The Bertz CT molecular complexity index is 1300. The zero-order valence-electron chi connectivity index (χ0n) is 19.9. The van der Waals surface area contributed by atoms with Crippen LogP contribution in [0, 0.1) is 0 Å². The molecule has 2 aromatic heterocycles. The summed E-state index contributed by atoms with van der Waals surface area (Å²) < 4.78 is 5.82. The predicted molar refractivity (Wildman–Crippen MR) is 138 cm³/mol. The molecule has 4 aromatic rings. The van der Waals surface area contributed by atoms with E-state index in [2.05, 4.69) is 51.4 Å². The van der Waals surface area contributed by atoms with Crippen LogP contribution in [0.5, 0.6) is 5.75 Å². The highest BCUT2D eigenvalue weighted by molar-refractivity contribution is 5.67. The maximum absolute atomic E-state index is 6.04. The van der Waals surface area contributed by atoms with Gasteiger partial charge in [-0.1, -0.05) is 54.6 Å². The lowest BCUT2D eigenvalue weighted by Gasteiger charge is -2.29. The average Bonchev–Trinajstić information content (AvgIpc) is 2.89. The molecule has 8 heteroatoms. The summed E-state index contributed by atoms with van der Waals surface area (Å²) in [5.74, 6) is 3.33. The van der Waals surface area contributed by atoms with Crippen molar-refractivity contribution in [1.29, 1.82) is 0 Å². The lowest BCUT2D eigenvalue weighted by molar-refractivity contribution is 0.310. The van der Waals surface area contributed by atoms with Crippen molar-refractivity contribution in [2.45, 2.75) is 32.4 Å². The number of fused-ring (bicyclic) bond motifs is 1. The predicted octanol–water partition coefficient (Wildman–Crippen LogP) is 4.53. The topological polar surface area (TPSA) is 102 Å². The number of hydrogen-bond donors (Lipinski definition) is 2. The van der Waals surface area contributed by atoms with Crippen LogP contribution in [0.3, 0.4) is 0 Å². The van der Waals surface area contributed by atoms with Crippen molar-refractivity contribution in [3.63, 3.8) is 0 Å². The number of nitrogens with two attached hydrogens (primary N) is 1. The van der Waals surface area contributed by atoms with Crippen LogP contribution in [0.2, 0.25) is 0 Å². The third-order valence-corrected chi connectivity index (χ3v) is 5.91. The van der Waals surface area contributed by atoms with Crippen LogP contribution in [0.1, 0.15) is 31.0 Å². The maximum Gasteiger partial charge on any atom is 0.224 e. The molecule has 0 aliphatic carbocycles. The second-order valence-corrected chi connectivity index (χ2v) is 8.77. The Hall–Kier alpha value is -4.04. The van der Waals surface area contributed by atoms with E-state index >= 15 is 0 Å². The molecule has 2 aromatic carbocycles. The SMILES string of the molecule is CC(Cc1cccc(C(C)N)c1)Nc1nccc(N2CCOc3cnc(-c4ccccc4)nc32)n1. The van der Waals surface area contributed by atoms with Crippen LogP contribution in [0.4, 0.5) is 17.6 Å². The van der Waals surface area contributed by atoms with E-state index in [4.69, 9.17) is 20.4 Å². The highest BCUT2D eigenvalue weighted by atomic mass is 16.5. The van der Waals surface area contributed by atoms with Crippen LogP contribution in [-0.4, -0.2) is 39.1 Å². The average molecular weight is 468 g/mol. The first kappa shape index (κ1) is 22.7. The first-order valence-corrected chi connectivity index (χ1v) is 11.8. The van der Waals surface area contributed by atoms with Gasteiger partial charge in [-0.2, -0.15) is 4.98 Å². The number of nitrogens with zero attached hydrogens (tertiary/aromatic N) is 5. The van der Waals surface area contributed by atoms with Crippen LogP contribution < -0.4 is 20.7 Å². The summed E-state index contributed by atoms with van der Waals surface area (Å²) in [6.45, 7) is 5.28. The second kappa shape index (κ2) is 10.1. The molecule has 5 rings (SSSR count). The number of anilines is 3. The van der Waals surface area contributed by atoms with Crippen molar-refractivity contribution in [3.8, 4) is 17.1 Å². The van der Waals surface area contributed by atoms with Crippen LogP contribution >= 0.6 is 0 Å². The summed E-state index contributed by atoms with van der Waals surface area (Å²) in [7, 11) is 0. The van der Waals surface area contributed by atoms with Gasteiger partial charge >= 0.3 is 0 Å². The summed E-state index contributed by atoms with van der Waals surface area (Å²) in [6.07, 6.45) is 4.33. The highest BCUT2D eigenvalue weighted by Gasteiger charge is 2.24. The molecule has 3 N–H and O–H groups in total. The largest absolute Gasteiger partial charge is 0.486 e. The number of rotatable bonds is 7. The summed E-state index contributed by atoms with van der Waals surface area (Å²) >= 11 is 0. The van der Waals surface area contributed by atoms with Gasteiger partial charge < -0.3 is 20.7 Å². The highest BCUT2D eigenvalue weighted by Crippen LogP contribution is 2.35. The van der Waals surface area contributed by atoms with Crippen molar-refractivity contribution in [2.24, 2.45) is 5.73 Å². The molecule has 3 heterocycles. The van der Waals surface area contributed by atoms with Gasteiger partial charge in [0.2, 0.25) is 5.95 Å². The fraction of sp³-hybridized carbons (Fsp3) is 0.259. The van der Waals surface area contributed by atoms with Gasteiger partial charge in [-0.25, -0.2) is 15.0 Å². The fourth-order valence-electron chi connectivity index (χ4n) is 4.16. The Morgan fingerprint density at radius 1 is 1.03 bits per heavy atom. The lowest BCUT2D eigenvalue weighted by Crippen LogP contribution is -2.31. The molecule has 0 amide bonds. The van der Waals surface area contributed by atoms with Crippen molar-refractivity contribution in [2.75, 3.05) is 23.4 Å². The van der Waals surface area contributed by atoms with Gasteiger partial charge in [-0.3, -0.25) is 0 Å². The zero-order chi connectivity index (χ0) is 24.2. The quantitative estimate of drug-likeness (QED) is 0.409. The molecular weight excluding hydrogens is 438 g/mol. The molecule has 0 saturated carbocycles. The van der Waals surface area contributed by atoms with Crippen molar-refractivity contribution in [1.82, 2.24) is 19.9 Å². The Kier molecular flexibility index (Phi) is 6.54. The van der Waals surface area contributed by atoms with E-state index < -0.39 is 0 Å². The van der Waals surface area contributed by atoms with E-state index in [1.807, 2.05) is 43.3 Å². The first-order valence-electron chi connectivity index (χ1n) is 11.8. The van der Waals surface area contributed by atoms with E-state index in [0.717, 1.165) is 23.4 Å². The number of ether oxygens (including phenoxy) is 1. The molecule has 35 heavy (non-hydrogen) atoms. The summed E-state index contributed by atoms with van der Waals surface area (Å²) in [5, 5.41) is 3.44. The van der Waals surface area contributed by atoms with Crippen molar-refractivity contribution < 1.29 is 4.74 Å². The Morgan fingerprint density at radius 3 is 2.71 bits per heavy atom. The molecule has 0 radical (unpaired) electrons. The van der Waals surface area contributed by atoms with E-state index in [1.165, 1.54) is 5.56 Å². The Labute approximate surface area is 205 Å². The minimum absolute atomic E-state index is 0.0147. The third-order valence-electron chi connectivity index (χ3n) is 5.91. The van der Waals surface area contributed by atoms with Gasteiger partial charge in [0.25, 0.3) is 0 Å². The first-order chi connectivity index (χ1) is 17.1. The molecule has 0 saturated heterocycles. The smallest absolute Gasteiger partial charge is 0.224 e. The van der Waals surface area contributed by atoms with E-state index in [0.29, 0.717) is 36.5 Å². The summed E-state index contributed by atoms with van der Waals surface area (Å²) in [4.78, 5) is 20.6. The molecule has 2 atom stereocenters. The van der Waals surface area contributed by atoms with Gasteiger partial charge in [-0.15, -0.1) is 0 Å². The number of aromatic nitrogens is 4. The molecule has 2 unspecified atom stereocenters. The normalized spacial score (nSPS) is 14.5. The number of benzene rings is 2. The minimum Gasteiger partial charge on any atom is -0.486 e. The van der Waals surface area contributed by atoms with Gasteiger partial charge in [0.15, 0.2) is 17.4 Å². The third kappa shape index (κ3) is 5.22. The molecular formula is C27H29N7O. The Morgan fingerprint density at radius 2 is 1.89 bits per heavy atom. The molecule has 0 bridgehead atoms.